The molecule has 308 valence electrons. The van der Waals surface area contributed by atoms with Crippen LogP contribution >= 0.6 is 7.82 Å². The van der Waals surface area contributed by atoms with E-state index in [4.69, 9.17) is 18.5 Å². The highest BCUT2D eigenvalue weighted by atomic mass is 31.2. The Hall–Kier alpha value is -1.06. The van der Waals surface area contributed by atoms with Crippen molar-refractivity contribution in [3.8, 4) is 0 Å². The van der Waals surface area contributed by atoms with E-state index >= 15 is 0 Å². The molecule has 2 unspecified atom stereocenters. The smallest absolute Gasteiger partial charge is 0.305 e. The summed E-state index contributed by atoms with van der Waals surface area (Å²) in [5.41, 5.74) is 0. The van der Waals surface area contributed by atoms with E-state index in [0.29, 0.717) is 24.1 Å². The topological polar surface area (TPSA) is 114 Å². The van der Waals surface area contributed by atoms with Crippen molar-refractivity contribution in [3.63, 3.8) is 0 Å². The minimum absolute atomic E-state index is 0.0283. The third-order valence-corrected chi connectivity index (χ3v) is 10.1. The molecule has 0 heterocycles. The number of esters is 1. The summed E-state index contributed by atoms with van der Waals surface area (Å²) in [5.74, 6) is -0.285. The van der Waals surface area contributed by atoms with Gasteiger partial charge in [0.15, 0.2) is 0 Å². The number of hydrogen-bond acceptors (Lipinski definition) is 8. The van der Waals surface area contributed by atoms with Gasteiger partial charge < -0.3 is 33.0 Å². The van der Waals surface area contributed by atoms with Crippen molar-refractivity contribution in [3.05, 3.63) is 24.3 Å². The molecule has 0 rings (SSSR count). The fraction of sp³-hybridized carbons (Fsp3) is 0.881. The molecule has 0 fully saturated rings. The van der Waals surface area contributed by atoms with Crippen LogP contribution in [-0.2, 0) is 27.9 Å². The molecule has 0 spiro atoms. The van der Waals surface area contributed by atoms with Gasteiger partial charge in [-0.25, -0.2) is 0 Å². The Balaban J connectivity index is 4.30. The zero-order chi connectivity index (χ0) is 38.6. The van der Waals surface area contributed by atoms with Crippen molar-refractivity contribution in [2.45, 2.75) is 187 Å². The van der Waals surface area contributed by atoms with Crippen LogP contribution in [0, 0.1) is 0 Å². The minimum atomic E-state index is -4.50. The van der Waals surface area contributed by atoms with Crippen LogP contribution in [0.2, 0.25) is 0 Å². The summed E-state index contributed by atoms with van der Waals surface area (Å²) >= 11 is 0. The molecule has 0 aromatic heterocycles. The first-order valence-electron chi connectivity index (χ1n) is 21.2. The highest BCUT2D eigenvalue weighted by Gasteiger charge is 2.19. The number of carbonyl (C=O) groups is 1. The van der Waals surface area contributed by atoms with Gasteiger partial charge in [0.05, 0.1) is 33.9 Å². The van der Waals surface area contributed by atoms with Crippen molar-refractivity contribution in [2.24, 2.45) is 0 Å². The number of rotatable bonds is 39. The summed E-state index contributed by atoms with van der Waals surface area (Å²) < 4.78 is 34.5. The van der Waals surface area contributed by atoms with Gasteiger partial charge in [-0.15, -0.1) is 0 Å². The molecule has 9 nitrogen and oxygen atoms in total. The molecule has 0 aromatic carbocycles. The van der Waals surface area contributed by atoms with Gasteiger partial charge >= 0.3 is 5.97 Å². The van der Waals surface area contributed by atoms with Crippen molar-refractivity contribution >= 4 is 13.8 Å². The number of unbranched alkanes of at least 4 members (excludes halogenated alkanes) is 20. The Bertz CT molecular complexity index is 907. The van der Waals surface area contributed by atoms with Gasteiger partial charge in [0, 0.05) is 13.0 Å². The van der Waals surface area contributed by atoms with E-state index in [-0.39, 0.29) is 31.9 Å². The lowest BCUT2D eigenvalue weighted by Gasteiger charge is -2.28. The minimum Gasteiger partial charge on any atom is -0.756 e. The van der Waals surface area contributed by atoms with Gasteiger partial charge in [0.2, 0.25) is 0 Å². The highest BCUT2D eigenvalue weighted by molar-refractivity contribution is 7.45. The standard InChI is InChI=1S/C42H82NO8P/c1-6-8-10-11-12-13-14-15-16-20-23-26-30-34-42(45)49-38-41(39-51-52(46,47)50-37-35-43(3,4)5)48-36-31-27-24-21-18-17-19-22-25-29-33-40(44)32-28-9-7-2/h22,25,29,33,40-41,44H,6-21,23-24,26-28,30-32,34-39H2,1-5H3/b25-22+,33-29+/t40?,41-/m1/s1. The lowest BCUT2D eigenvalue weighted by atomic mass is 10.0. The highest BCUT2D eigenvalue weighted by Crippen LogP contribution is 2.38. The SMILES string of the molecule is CCCCCCCCCCCCCCCC(=O)OC[C@H](COP(=O)([O-])OCC[N+](C)(C)C)OCCCCCCCC/C=C/C=C/C(O)CCCCC. The lowest BCUT2D eigenvalue weighted by Crippen LogP contribution is -2.37. The Labute approximate surface area is 320 Å². The molecular weight excluding hydrogens is 677 g/mol. The fourth-order valence-corrected chi connectivity index (χ4v) is 6.44. The molecule has 0 bridgehead atoms. The molecule has 0 radical (unpaired) electrons. The average molecular weight is 760 g/mol. The van der Waals surface area contributed by atoms with Crippen molar-refractivity contribution in [1.82, 2.24) is 0 Å². The first-order valence-corrected chi connectivity index (χ1v) is 22.6. The van der Waals surface area contributed by atoms with Gasteiger partial charge in [-0.1, -0.05) is 160 Å². The van der Waals surface area contributed by atoms with Crippen molar-refractivity contribution in [1.29, 1.82) is 0 Å². The molecule has 3 atom stereocenters. The number of aliphatic hydroxyl groups is 1. The predicted octanol–water partition coefficient (Wildman–Crippen LogP) is 10.4. The third-order valence-electron chi connectivity index (χ3n) is 9.15. The summed E-state index contributed by atoms with van der Waals surface area (Å²) in [6, 6.07) is 0. The normalized spacial score (nSPS) is 14.7. The van der Waals surface area contributed by atoms with E-state index in [1.807, 2.05) is 39.4 Å². The largest absolute Gasteiger partial charge is 0.756 e. The number of likely N-dealkylation sites (N-methyl/N-ethyl adjacent to an activating group) is 1. The average Bonchev–Trinajstić information content (AvgIpc) is 3.09. The summed E-state index contributed by atoms with van der Waals surface area (Å²) in [4.78, 5) is 24.8. The second-order valence-corrected chi connectivity index (χ2v) is 17.0. The number of nitrogens with zero attached hydrogens (tertiary/aromatic N) is 1. The predicted molar refractivity (Wildman–Crippen MR) is 214 cm³/mol. The van der Waals surface area contributed by atoms with Crippen LogP contribution in [0.3, 0.4) is 0 Å². The maximum absolute atomic E-state index is 12.5. The van der Waals surface area contributed by atoms with E-state index in [9.17, 15) is 19.4 Å². The molecule has 0 aromatic rings. The van der Waals surface area contributed by atoms with E-state index < -0.39 is 13.9 Å². The fourth-order valence-electron chi connectivity index (χ4n) is 5.72. The van der Waals surface area contributed by atoms with Crippen LogP contribution in [0.15, 0.2) is 24.3 Å². The van der Waals surface area contributed by atoms with Crippen LogP contribution < -0.4 is 4.89 Å². The van der Waals surface area contributed by atoms with E-state index in [1.54, 1.807) is 0 Å². The number of ether oxygens (including phenoxy) is 2. The van der Waals surface area contributed by atoms with Gasteiger partial charge in [-0.3, -0.25) is 9.36 Å². The number of phosphoric ester groups is 1. The molecule has 0 aliphatic heterocycles. The van der Waals surface area contributed by atoms with E-state index in [1.165, 1.54) is 77.0 Å². The summed E-state index contributed by atoms with van der Waals surface area (Å²) in [5, 5.41) is 9.93. The Morgan fingerprint density at radius 3 is 1.83 bits per heavy atom. The quantitative estimate of drug-likeness (QED) is 0.0217. The zero-order valence-corrected chi connectivity index (χ0v) is 35.3. The monoisotopic (exact) mass is 760 g/mol. The molecule has 0 aliphatic carbocycles. The maximum Gasteiger partial charge on any atom is 0.305 e. The third kappa shape index (κ3) is 38.7. The van der Waals surface area contributed by atoms with Gasteiger partial charge in [-0.2, -0.15) is 0 Å². The lowest BCUT2D eigenvalue weighted by molar-refractivity contribution is -0.870. The second kappa shape index (κ2) is 35.6. The summed E-state index contributed by atoms with van der Waals surface area (Å²) in [6.45, 7) is 5.11. The number of carbonyl (C=O) groups excluding carboxylic acids is 1. The van der Waals surface area contributed by atoms with Crippen LogP contribution in [0.1, 0.15) is 174 Å². The van der Waals surface area contributed by atoms with Gasteiger partial charge in [-0.05, 0) is 32.1 Å². The number of quaternary nitrogens is 1. The molecule has 10 heteroatoms. The maximum atomic E-state index is 12.5. The van der Waals surface area contributed by atoms with Crippen LogP contribution in [0.25, 0.3) is 0 Å². The summed E-state index contributed by atoms with van der Waals surface area (Å²) in [7, 11) is 1.36. The van der Waals surface area contributed by atoms with E-state index in [2.05, 4.69) is 19.9 Å². The Morgan fingerprint density at radius 2 is 1.23 bits per heavy atom. The zero-order valence-electron chi connectivity index (χ0n) is 34.4. The van der Waals surface area contributed by atoms with Gasteiger partial charge in [0.25, 0.3) is 7.82 Å². The Kier molecular flexibility index (Phi) is 34.9. The van der Waals surface area contributed by atoms with E-state index in [0.717, 1.165) is 77.0 Å². The molecular formula is C42H82NO8P. The second-order valence-electron chi connectivity index (χ2n) is 15.5. The Morgan fingerprint density at radius 1 is 0.692 bits per heavy atom. The van der Waals surface area contributed by atoms with Crippen molar-refractivity contribution < 1.29 is 42.4 Å². The van der Waals surface area contributed by atoms with Crippen molar-refractivity contribution in [2.75, 3.05) is 54.1 Å². The molecule has 1 N–H and O–H groups in total. The van der Waals surface area contributed by atoms with Crippen LogP contribution in [0.5, 0.6) is 0 Å². The first-order chi connectivity index (χ1) is 25.0. The number of phosphoric acid groups is 1. The van der Waals surface area contributed by atoms with Crippen LogP contribution in [-0.4, -0.2) is 81.9 Å². The number of allylic oxidation sites excluding steroid dienone is 3. The molecule has 0 aliphatic rings. The number of aliphatic hydroxyl groups excluding tert-OH is 1. The number of hydrogen-bond donors (Lipinski definition) is 1. The molecule has 52 heavy (non-hydrogen) atoms. The molecule has 0 saturated carbocycles. The first kappa shape index (κ1) is 50.9. The molecule has 0 saturated heterocycles. The summed E-state index contributed by atoms with van der Waals surface area (Å²) in [6.07, 6.45) is 35.2. The van der Waals surface area contributed by atoms with Gasteiger partial charge in [0.1, 0.15) is 25.9 Å². The molecule has 0 amide bonds. The van der Waals surface area contributed by atoms with Crippen LogP contribution in [0.4, 0.5) is 0 Å².